The summed E-state index contributed by atoms with van der Waals surface area (Å²) >= 11 is 0. The Labute approximate surface area is 373 Å². The molecule has 0 amide bonds. The number of aryl methyl sites for hydroxylation is 1. The molecule has 0 N–H and O–H groups in total. The van der Waals surface area contributed by atoms with E-state index in [-0.39, 0.29) is 26.6 Å². The van der Waals surface area contributed by atoms with Gasteiger partial charge in [0.2, 0.25) is 0 Å². The molecule has 3 aromatic heterocycles. The minimum atomic E-state index is -2.30. The van der Waals surface area contributed by atoms with Crippen LogP contribution in [-0.2, 0) is 21.1 Å². The first-order valence-electron chi connectivity index (χ1n) is 21.5. The van der Waals surface area contributed by atoms with Gasteiger partial charge in [-0.3, -0.25) is 0 Å². The number of anilines is 3. The summed E-state index contributed by atoms with van der Waals surface area (Å²) in [5, 5.41) is 1.98. The molecule has 0 unspecified atom stereocenters. The summed E-state index contributed by atoms with van der Waals surface area (Å²) in [7, 11) is 0. The van der Waals surface area contributed by atoms with E-state index in [2.05, 4.69) is 184 Å². The number of hydrogen-bond donors (Lipinski definition) is 0. The Balaban J connectivity index is 0.00000484. The summed E-state index contributed by atoms with van der Waals surface area (Å²) in [6.07, 6.45) is 3.70. The molecule has 0 bridgehead atoms. The van der Waals surface area contributed by atoms with Crippen molar-refractivity contribution in [2.45, 2.75) is 6.85 Å². The molecule has 0 saturated carbocycles. The van der Waals surface area contributed by atoms with Crippen molar-refractivity contribution in [1.29, 1.82) is 0 Å². The van der Waals surface area contributed by atoms with Gasteiger partial charge in [0.15, 0.2) is 17.4 Å². The van der Waals surface area contributed by atoms with E-state index in [9.17, 15) is 0 Å². The first-order valence-corrected chi connectivity index (χ1v) is 20.0. The van der Waals surface area contributed by atoms with Gasteiger partial charge in [-0.15, -0.1) is 29.7 Å². The zero-order valence-corrected chi connectivity index (χ0v) is 35.0. The Morgan fingerprint density at radius 1 is 0.541 bits per heavy atom. The third kappa shape index (κ3) is 6.74. The van der Waals surface area contributed by atoms with Crippen LogP contribution in [0.25, 0.3) is 72.3 Å². The Morgan fingerprint density at radius 2 is 1.15 bits per heavy atom. The van der Waals surface area contributed by atoms with Gasteiger partial charge in [-0.1, -0.05) is 150 Å². The molecule has 0 radical (unpaired) electrons. The van der Waals surface area contributed by atoms with Crippen LogP contribution in [0.2, 0.25) is 0 Å². The molecule has 8 aromatic carbocycles. The second-order valence-electron chi connectivity index (χ2n) is 14.7. The number of pyridine rings is 1. The molecule has 11 aromatic rings. The third-order valence-electron chi connectivity index (χ3n) is 11.1. The Morgan fingerprint density at radius 3 is 1.85 bits per heavy atom. The summed E-state index contributed by atoms with van der Waals surface area (Å²) in [6.45, 7) is -2.30. The minimum Gasteiger partial charge on any atom is -0.357 e. The number of benzene rings is 8. The largest absolute Gasteiger partial charge is 0.357 e. The van der Waals surface area contributed by atoms with E-state index >= 15 is 0 Å². The quantitative estimate of drug-likeness (QED) is 0.142. The van der Waals surface area contributed by atoms with Crippen LogP contribution in [0.1, 0.15) is 9.68 Å². The van der Waals surface area contributed by atoms with Gasteiger partial charge in [-0.05, 0) is 59.3 Å². The van der Waals surface area contributed by atoms with Crippen LogP contribution in [0.4, 0.5) is 17.1 Å². The van der Waals surface area contributed by atoms with Gasteiger partial charge in [0.05, 0.1) is 5.69 Å². The molecule has 0 aliphatic carbocycles. The van der Waals surface area contributed by atoms with Crippen molar-refractivity contribution >= 4 is 49.9 Å². The van der Waals surface area contributed by atoms with Crippen molar-refractivity contribution in [3.05, 3.63) is 230 Å². The van der Waals surface area contributed by atoms with Gasteiger partial charge in [0, 0.05) is 65.8 Å². The van der Waals surface area contributed by atoms with Gasteiger partial charge in [0.25, 0.3) is 0 Å². The van der Waals surface area contributed by atoms with Gasteiger partial charge >= 0.3 is 0 Å². The first kappa shape index (κ1) is 34.5. The van der Waals surface area contributed by atoms with Gasteiger partial charge in [-0.2, -0.15) is 16.7 Å². The third-order valence-corrected chi connectivity index (χ3v) is 11.1. The van der Waals surface area contributed by atoms with Crippen LogP contribution in [0.5, 0.6) is 0 Å². The van der Waals surface area contributed by atoms with Crippen molar-refractivity contribution in [3.8, 4) is 39.4 Å². The summed E-state index contributed by atoms with van der Waals surface area (Å²) in [6, 6.07) is 75.9. The molecule has 0 atom stereocenters. The zero-order chi connectivity index (χ0) is 42.5. The summed E-state index contributed by atoms with van der Waals surface area (Å²) in [4.78, 5) is 7.02. The van der Waals surface area contributed by atoms with E-state index in [0.29, 0.717) is 5.82 Å². The molecule has 3 heterocycles. The fourth-order valence-electron chi connectivity index (χ4n) is 8.46. The van der Waals surface area contributed by atoms with Crippen LogP contribution >= 0.6 is 0 Å². The Kier molecular flexibility index (Phi) is 9.07. The van der Waals surface area contributed by atoms with Gasteiger partial charge in [-0.25, -0.2) is 9.55 Å². The molecular weight excluding hydrogens is 926 g/mol. The standard InChI is InChI=1S/C55H38N5.Pt/c1-39-33-34-56-54(35-39)60-50-28-12-11-25-48(50)49-32-31-45(37-53(49)60)59(55-46(40-17-5-2-6-18-40)26-16-27-47(55)41-19-7-3-8-20-41)44-24-15-23-43(36-44)58-38-57(42-21-9-4-10-22-42)51-29-13-14-30-52(51)58;/h2-35,38H,1H3;/q-1;/i1D3;. The molecule has 0 aliphatic rings. The van der Waals surface area contributed by atoms with E-state index in [1.807, 2.05) is 41.0 Å². The van der Waals surface area contributed by atoms with Crippen LogP contribution < -0.4 is 4.90 Å². The zero-order valence-electron chi connectivity index (χ0n) is 35.8. The first-order chi connectivity index (χ1) is 30.9. The molecule has 0 saturated heterocycles. The fraction of sp³-hybridized carbons (Fsp3) is 0.0182. The fourth-order valence-corrected chi connectivity index (χ4v) is 8.46. The normalized spacial score (nSPS) is 12.2. The number of aromatic nitrogens is 4. The SMILES string of the molecule is [2H]C([2H])([2H])c1ccnc(-n2c3[c-]c(N(c4[c-]c(-n5[cH+]n(-c6ccccc6)c6ccccc65)ccc4)c4c(-c5ccccc5)cccc4-c4ccccc4)ccc3c3ccccc32)c1.[Pt]. The molecule has 11 rings (SSSR count). The molecular formula is C55H38N5Pt-. The molecule has 0 fully saturated rings. The minimum absolute atomic E-state index is 0. The van der Waals surface area contributed by atoms with Gasteiger partial charge in [0.1, 0.15) is 11.5 Å². The molecule has 61 heavy (non-hydrogen) atoms. The average Bonchev–Trinajstić information content (AvgIpc) is 3.89. The Bertz CT molecular complexity index is 3400. The number of nitrogens with zero attached hydrogens (tertiary/aromatic N) is 5. The summed E-state index contributed by atoms with van der Waals surface area (Å²) < 4.78 is 31.1. The van der Waals surface area contributed by atoms with Crippen molar-refractivity contribution in [3.63, 3.8) is 0 Å². The predicted octanol–water partition coefficient (Wildman–Crippen LogP) is 13.9. The number of rotatable bonds is 8. The number of para-hydroxylation sites is 5. The van der Waals surface area contributed by atoms with E-state index < -0.39 is 6.85 Å². The van der Waals surface area contributed by atoms with Crippen LogP contribution in [0.3, 0.4) is 0 Å². The summed E-state index contributed by atoms with van der Waals surface area (Å²) in [5.41, 5.74) is 12.6. The topological polar surface area (TPSA) is 30.9 Å². The maximum atomic E-state index is 8.23. The van der Waals surface area contributed by atoms with E-state index in [4.69, 9.17) is 9.10 Å². The maximum absolute atomic E-state index is 8.23. The van der Waals surface area contributed by atoms with E-state index in [1.165, 1.54) is 0 Å². The predicted molar refractivity (Wildman–Crippen MR) is 247 cm³/mol. The van der Waals surface area contributed by atoms with E-state index in [0.717, 1.165) is 83.5 Å². The number of imidazole rings is 1. The van der Waals surface area contributed by atoms with Crippen molar-refractivity contribution in [1.82, 2.24) is 18.7 Å². The van der Waals surface area contributed by atoms with Crippen molar-refractivity contribution in [2.75, 3.05) is 4.90 Å². The molecule has 0 spiro atoms. The molecule has 6 heteroatoms. The smallest absolute Gasteiger partial charge is 0.168 e. The maximum Gasteiger partial charge on any atom is 0.168 e. The van der Waals surface area contributed by atoms with E-state index in [1.54, 1.807) is 18.3 Å². The average molecular weight is 967 g/mol. The Hall–Kier alpha value is -7.33. The molecule has 5 nitrogen and oxygen atoms in total. The van der Waals surface area contributed by atoms with Gasteiger partial charge < -0.3 is 9.47 Å². The van der Waals surface area contributed by atoms with Crippen LogP contribution in [0, 0.1) is 19.0 Å². The second kappa shape index (κ2) is 16.0. The van der Waals surface area contributed by atoms with Crippen molar-refractivity contribution in [2.24, 2.45) is 0 Å². The second-order valence-corrected chi connectivity index (χ2v) is 14.7. The molecule has 294 valence electrons. The molecule has 0 aliphatic heterocycles. The van der Waals surface area contributed by atoms with Crippen molar-refractivity contribution < 1.29 is 25.2 Å². The number of hydrogen-bond acceptors (Lipinski definition) is 2. The summed E-state index contributed by atoms with van der Waals surface area (Å²) in [5.74, 6) is 0.504. The van der Waals surface area contributed by atoms with Crippen LogP contribution in [0.15, 0.2) is 213 Å². The monoisotopic (exact) mass is 966 g/mol. The number of fused-ring (bicyclic) bond motifs is 4. The van der Waals surface area contributed by atoms with Crippen LogP contribution in [-0.4, -0.2) is 18.7 Å².